The third-order valence-electron chi connectivity index (χ3n) is 4.24. The fourth-order valence-electron chi connectivity index (χ4n) is 2.42. The van der Waals surface area contributed by atoms with E-state index in [0.29, 0.717) is 31.8 Å². The molecule has 0 atom stereocenters. The van der Waals surface area contributed by atoms with Crippen LogP contribution in [0.3, 0.4) is 0 Å². The molecule has 1 aliphatic carbocycles. The lowest BCUT2D eigenvalue weighted by atomic mass is 10.0. The Balaban J connectivity index is 1.83. The minimum absolute atomic E-state index is 0.134. The van der Waals surface area contributed by atoms with E-state index in [-0.39, 0.29) is 11.8 Å². The van der Waals surface area contributed by atoms with E-state index in [1.54, 1.807) is 7.11 Å². The molecule has 5 heteroatoms. The normalized spacial score (nSPS) is 15.1. The van der Waals surface area contributed by atoms with Gasteiger partial charge in [0.25, 0.3) is 0 Å². The molecule has 0 aliphatic heterocycles. The van der Waals surface area contributed by atoms with Crippen LogP contribution in [0.25, 0.3) is 0 Å². The van der Waals surface area contributed by atoms with Gasteiger partial charge in [0, 0.05) is 13.1 Å². The van der Waals surface area contributed by atoms with Crippen LogP contribution >= 0.6 is 0 Å². The lowest BCUT2D eigenvalue weighted by Crippen LogP contribution is -2.43. The summed E-state index contributed by atoms with van der Waals surface area (Å²) in [4.78, 5) is 24.6. The Hall–Kier alpha value is -2.04. The molecular weight excluding hydrogens is 292 g/mol. The van der Waals surface area contributed by atoms with E-state index in [2.05, 4.69) is 24.5 Å². The smallest absolute Gasteiger partial charge is 0.235 e. The van der Waals surface area contributed by atoms with Gasteiger partial charge in [0.1, 0.15) is 11.2 Å². The first-order chi connectivity index (χ1) is 11.0. The van der Waals surface area contributed by atoms with Crippen molar-refractivity contribution in [3.63, 3.8) is 0 Å². The average molecular weight is 318 g/mol. The first-order valence-corrected chi connectivity index (χ1v) is 8.17. The number of carbonyl (C=O) groups excluding carboxylic acids is 2. The molecular formula is C18H26N2O3. The van der Waals surface area contributed by atoms with E-state index < -0.39 is 5.41 Å². The maximum Gasteiger partial charge on any atom is 0.235 e. The zero-order valence-electron chi connectivity index (χ0n) is 14.1. The predicted molar refractivity (Wildman–Crippen MR) is 89.0 cm³/mol. The number of amides is 2. The van der Waals surface area contributed by atoms with Crippen LogP contribution in [0.15, 0.2) is 24.3 Å². The summed E-state index contributed by atoms with van der Waals surface area (Å²) in [5.41, 5.74) is 0.138. The number of ether oxygens (including phenoxy) is 1. The molecule has 0 radical (unpaired) electrons. The standard InChI is InChI=1S/C18H26N2O3/c1-13(2)8-11-19-16(21)18(9-10-18)17(22)20-12-14-4-6-15(23-3)7-5-14/h4-7,13H,8-12H2,1-3H3,(H,19,21)(H,20,22). The Morgan fingerprint density at radius 1 is 1.13 bits per heavy atom. The van der Waals surface area contributed by atoms with E-state index in [9.17, 15) is 9.59 Å². The summed E-state index contributed by atoms with van der Waals surface area (Å²) in [5, 5.41) is 5.77. The lowest BCUT2D eigenvalue weighted by molar-refractivity contribution is -0.137. The third kappa shape index (κ3) is 4.47. The maximum atomic E-state index is 12.4. The number of benzene rings is 1. The number of hydrogen-bond donors (Lipinski definition) is 2. The fraction of sp³-hybridized carbons (Fsp3) is 0.556. The van der Waals surface area contributed by atoms with Gasteiger partial charge in [-0.05, 0) is 42.9 Å². The van der Waals surface area contributed by atoms with Crippen LogP contribution in [0.2, 0.25) is 0 Å². The molecule has 0 unspecified atom stereocenters. The van der Waals surface area contributed by atoms with Crippen molar-refractivity contribution in [1.82, 2.24) is 10.6 Å². The minimum atomic E-state index is -0.844. The van der Waals surface area contributed by atoms with E-state index in [4.69, 9.17) is 4.74 Å². The number of nitrogens with one attached hydrogen (secondary N) is 2. The number of carbonyl (C=O) groups is 2. The second-order valence-electron chi connectivity index (χ2n) is 6.55. The van der Waals surface area contributed by atoms with Crippen molar-refractivity contribution in [1.29, 1.82) is 0 Å². The fourth-order valence-corrected chi connectivity index (χ4v) is 2.42. The van der Waals surface area contributed by atoms with Gasteiger partial charge in [-0.3, -0.25) is 9.59 Å². The molecule has 0 spiro atoms. The Morgan fingerprint density at radius 2 is 1.74 bits per heavy atom. The molecule has 1 saturated carbocycles. The highest BCUT2D eigenvalue weighted by molar-refractivity contribution is 6.07. The second kappa shape index (κ2) is 7.49. The highest BCUT2D eigenvalue weighted by Crippen LogP contribution is 2.46. The first kappa shape index (κ1) is 17.3. The molecule has 1 fully saturated rings. The van der Waals surface area contributed by atoms with Gasteiger partial charge < -0.3 is 15.4 Å². The molecule has 0 bridgehead atoms. The topological polar surface area (TPSA) is 67.4 Å². The van der Waals surface area contributed by atoms with Crippen LogP contribution in [-0.2, 0) is 16.1 Å². The SMILES string of the molecule is COc1ccc(CNC(=O)C2(C(=O)NCCC(C)C)CC2)cc1. The van der Waals surface area contributed by atoms with E-state index in [0.717, 1.165) is 17.7 Å². The van der Waals surface area contributed by atoms with Gasteiger partial charge in [0.05, 0.1) is 7.11 Å². The van der Waals surface area contributed by atoms with Gasteiger partial charge in [-0.15, -0.1) is 0 Å². The summed E-state index contributed by atoms with van der Waals surface area (Å²) in [7, 11) is 1.62. The highest BCUT2D eigenvalue weighted by atomic mass is 16.5. The van der Waals surface area contributed by atoms with Gasteiger partial charge in [-0.1, -0.05) is 26.0 Å². The largest absolute Gasteiger partial charge is 0.497 e. The van der Waals surface area contributed by atoms with Crippen molar-refractivity contribution < 1.29 is 14.3 Å². The summed E-state index contributed by atoms with van der Waals surface area (Å²) < 4.78 is 5.10. The van der Waals surface area contributed by atoms with E-state index in [1.807, 2.05) is 24.3 Å². The Bertz CT molecular complexity index is 548. The maximum absolute atomic E-state index is 12.4. The molecule has 2 rings (SSSR count). The Morgan fingerprint density at radius 3 is 2.26 bits per heavy atom. The molecule has 5 nitrogen and oxygen atoms in total. The average Bonchev–Trinajstić information content (AvgIpc) is 3.34. The minimum Gasteiger partial charge on any atom is -0.497 e. The molecule has 23 heavy (non-hydrogen) atoms. The lowest BCUT2D eigenvalue weighted by Gasteiger charge is -2.16. The molecule has 1 aliphatic rings. The monoisotopic (exact) mass is 318 g/mol. The van der Waals surface area contributed by atoms with Gasteiger partial charge in [-0.25, -0.2) is 0 Å². The molecule has 2 N–H and O–H groups in total. The highest BCUT2D eigenvalue weighted by Gasteiger charge is 2.56. The van der Waals surface area contributed by atoms with Crippen molar-refractivity contribution in [2.75, 3.05) is 13.7 Å². The van der Waals surface area contributed by atoms with Crippen LogP contribution < -0.4 is 15.4 Å². The van der Waals surface area contributed by atoms with Gasteiger partial charge in [0.15, 0.2) is 0 Å². The summed E-state index contributed by atoms with van der Waals surface area (Å²) in [6, 6.07) is 7.52. The number of rotatable bonds is 8. The number of methoxy groups -OCH3 is 1. The van der Waals surface area contributed by atoms with Crippen LogP contribution in [0, 0.1) is 11.3 Å². The Labute approximate surface area is 137 Å². The first-order valence-electron chi connectivity index (χ1n) is 8.17. The van der Waals surface area contributed by atoms with Crippen molar-refractivity contribution >= 4 is 11.8 Å². The van der Waals surface area contributed by atoms with Crippen molar-refractivity contribution in [3.05, 3.63) is 29.8 Å². The van der Waals surface area contributed by atoms with E-state index >= 15 is 0 Å². The van der Waals surface area contributed by atoms with Crippen molar-refractivity contribution in [2.45, 2.75) is 39.7 Å². The van der Waals surface area contributed by atoms with Gasteiger partial charge in [0.2, 0.25) is 11.8 Å². The molecule has 0 saturated heterocycles. The molecule has 126 valence electrons. The van der Waals surface area contributed by atoms with Crippen LogP contribution in [0.4, 0.5) is 0 Å². The second-order valence-corrected chi connectivity index (χ2v) is 6.55. The zero-order chi connectivity index (χ0) is 16.9. The van der Waals surface area contributed by atoms with E-state index in [1.165, 1.54) is 0 Å². The molecule has 1 aromatic carbocycles. The quantitative estimate of drug-likeness (QED) is 0.723. The number of hydrogen-bond acceptors (Lipinski definition) is 3. The van der Waals surface area contributed by atoms with Crippen LogP contribution in [0.1, 0.15) is 38.7 Å². The Kier molecular flexibility index (Phi) is 5.64. The third-order valence-corrected chi connectivity index (χ3v) is 4.24. The van der Waals surface area contributed by atoms with Crippen molar-refractivity contribution in [3.8, 4) is 5.75 Å². The van der Waals surface area contributed by atoms with Gasteiger partial charge >= 0.3 is 0 Å². The molecule has 0 heterocycles. The predicted octanol–water partition coefficient (Wildman–Crippen LogP) is 2.25. The summed E-state index contributed by atoms with van der Waals surface area (Å²) in [6.45, 7) is 5.27. The van der Waals surface area contributed by atoms with Crippen molar-refractivity contribution in [2.24, 2.45) is 11.3 Å². The zero-order valence-corrected chi connectivity index (χ0v) is 14.1. The van der Waals surface area contributed by atoms with Crippen LogP contribution in [-0.4, -0.2) is 25.5 Å². The molecule has 2 amide bonds. The molecule has 1 aromatic rings. The molecule has 0 aromatic heterocycles. The van der Waals surface area contributed by atoms with Crippen LogP contribution in [0.5, 0.6) is 5.75 Å². The summed E-state index contributed by atoms with van der Waals surface area (Å²) in [6.07, 6.45) is 2.19. The summed E-state index contributed by atoms with van der Waals surface area (Å²) >= 11 is 0. The van der Waals surface area contributed by atoms with Gasteiger partial charge in [-0.2, -0.15) is 0 Å². The summed E-state index contributed by atoms with van der Waals surface area (Å²) in [5.74, 6) is 1.01.